The molecule has 0 aromatic heterocycles. The minimum Gasteiger partial charge on any atom is -0.487 e. The number of benzene rings is 1. The molecule has 3 aliphatic heterocycles. The lowest BCUT2D eigenvalue weighted by molar-refractivity contribution is -0.138. The van der Waals surface area contributed by atoms with Crippen molar-refractivity contribution in [3.05, 3.63) is 29.5 Å². The van der Waals surface area contributed by atoms with Crippen LogP contribution in [-0.4, -0.2) is 31.8 Å². The molecule has 0 radical (unpaired) electrons. The van der Waals surface area contributed by atoms with Gasteiger partial charge in [0.25, 0.3) is 0 Å². The summed E-state index contributed by atoms with van der Waals surface area (Å²) < 4.78 is 11.2. The number of anilines is 2. The summed E-state index contributed by atoms with van der Waals surface area (Å²) in [6, 6.07) is 4.75. The van der Waals surface area contributed by atoms with E-state index in [4.69, 9.17) is 9.47 Å². The van der Waals surface area contributed by atoms with Gasteiger partial charge in [0.1, 0.15) is 6.61 Å². The van der Waals surface area contributed by atoms with Crippen molar-refractivity contribution in [2.75, 3.05) is 30.0 Å². The van der Waals surface area contributed by atoms with E-state index in [0.717, 1.165) is 30.2 Å². The monoisotopic (exact) mass is 314 g/mol. The zero-order valence-electron chi connectivity index (χ0n) is 13.4. The fourth-order valence-electron chi connectivity index (χ4n) is 3.73. The molecule has 1 aromatic rings. The Kier molecular flexibility index (Phi) is 3.63. The maximum atomic E-state index is 11.9. The quantitative estimate of drug-likeness (QED) is 0.851. The van der Waals surface area contributed by atoms with E-state index in [1.54, 1.807) is 6.20 Å². The minimum absolute atomic E-state index is 0.250. The summed E-state index contributed by atoms with van der Waals surface area (Å²) in [7, 11) is 0. The SMILES string of the molecule is CCOC(=O)C1=CNc2c(ccc3c2OCC2CCCCN32)C1. The Morgan fingerprint density at radius 2 is 2.35 bits per heavy atom. The van der Waals surface area contributed by atoms with Crippen LogP contribution in [0.5, 0.6) is 5.75 Å². The first kappa shape index (κ1) is 14.4. The molecule has 0 aliphatic carbocycles. The first-order valence-corrected chi connectivity index (χ1v) is 8.46. The number of nitrogens with one attached hydrogen (secondary N) is 1. The van der Waals surface area contributed by atoms with Gasteiger partial charge in [-0.3, -0.25) is 0 Å². The van der Waals surface area contributed by atoms with Gasteiger partial charge in [-0.15, -0.1) is 0 Å². The number of nitrogens with zero attached hydrogens (tertiary/aromatic N) is 1. The van der Waals surface area contributed by atoms with E-state index in [0.29, 0.717) is 24.6 Å². The number of carbonyl (C=O) groups excluding carboxylic acids is 1. The van der Waals surface area contributed by atoms with Crippen molar-refractivity contribution in [2.24, 2.45) is 0 Å². The average molecular weight is 314 g/mol. The Balaban J connectivity index is 1.64. The number of carbonyl (C=O) groups is 1. The molecule has 3 aliphatic rings. The third kappa shape index (κ3) is 2.44. The molecular weight excluding hydrogens is 292 g/mol. The molecule has 5 heteroatoms. The van der Waals surface area contributed by atoms with Crippen LogP contribution in [0.1, 0.15) is 31.7 Å². The van der Waals surface area contributed by atoms with Crippen molar-refractivity contribution in [2.45, 2.75) is 38.6 Å². The van der Waals surface area contributed by atoms with Gasteiger partial charge in [-0.1, -0.05) is 6.07 Å². The number of hydrogen-bond acceptors (Lipinski definition) is 5. The molecule has 3 heterocycles. The summed E-state index contributed by atoms with van der Waals surface area (Å²) in [5.74, 6) is 0.681. The molecular formula is C18H22N2O3. The van der Waals surface area contributed by atoms with Gasteiger partial charge in [0.05, 0.1) is 29.6 Å². The fraction of sp³-hybridized carbons (Fsp3) is 0.500. The van der Waals surface area contributed by atoms with E-state index in [1.165, 1.54) is 24.9 Å². The highest BCUT2D eigenvalue weighted by Gasteiger charge is 2.32. The Morgan fingerprint density at radius 1 is 1.43 bits per heavy atom. The molecule has 4 rings (SSSR count). The molecule has 1 N–H and O–H groups in total. The van der Waals surface area contributed by atoms with Crippen LogP contribution in [0.25, 0.3) is 0 Å². The number of piperidine rings is 1. The number of fused-ring (bicyclic) bond motifs is 5. The van der Waals surface area contributed by atoms with Crippen molar-refractivity contribution < 1.29 is 14.3 Å². The lowest BCUT2D eigenvalue weighted by Gasteiger charge is -2.42. The molecule has 1 saturated heterocycles. The molecule has 122 valence electrons. The van der Waals surface area contributed by atoms with Gasteiger partial charge in [-0.05, 0) is 37.8 Å². The van der Waals surface area contributed by atoms with E-state index in [9.17, 15) is 4.79 Å². The fourth-order valence-corrected chi connectivity index (χ4v) is 3.73. The second-order valence-electron chi connectivity index (χ2n) is 6.31. The lowest BCUT2D eigenvalue weighted by Crippen LogP contribution is -2.46. The third-order valence-corrected chi connectivity index (χ3v) is 4.89. The van der Waals surface area contributed by atoms with Crippen LogP contribution < -0.4 is 15.0 Å². The molecule has 0 spiro atoms. The predicted molar refractivity (Wildman–Crippen MR) is 89.0 cm³/mol. The summed E-state index contributed by atoms with van der Waals surface area (Å²) in [5.41, 5.74) is 3.93. The summed E-state index contributed by atoms with van der Waals surface area (Å²) in [4.78, 5) is 14.4. The molecule has 1 aromatic carbocycles. The molecule has 5 nitrogen and oxygen atoms in total. The second kappa shape index (κ2) is 5.80. The summed E-state index contributed by atoms with van der Waals surface area (Å²) >= 11 is 0. The normalized spacial score (nSPS) is 21.9. The van der Waals surface area contributed by atoms with E-state index >= 15 is 0 Å². The zero-order chi connectivity index (χ0) is 15.8. The average Bonchev–Trinajstić information content (AvgIpc) is 2.60. The molecule has 1 unspecified atom stereocenters. The van der Waals surface area contributed by atoms with Crippen molar-refractivity contribution in [3.63, 3.8) is 0 Å². The highest BCUT2D eigenvalue weighted by atomic mass is 16.5. The molecule has 1 atom stereocenters. The maximum Gasteiger partial charge on any atom is 0.335 e. The summed E-state index contributed by atoms with van der Waals surface area (Å²) in [6.45, 7) is 4.07. The van der Waals surface area contributed by atoms with Crippen LogP contribution in [0.2, 0.25) is 0 Å². The molecule has 0 bridgehead atoms. The highest BCUT2D eigenvalue weighted by Crippen LogP contribution is 2.45. The Hall–Kier alpha value is -2.17. The van der Waals surface area contributed by atoms with Crippen molar-refractivity contribution in [3.8, 4) is 5.75 Å². The van der Waals surface area contributed by atoms with Crippen molar-refractivity contribution in [1.29, 1.82) is 0 Å². The number of ether oxygens (including phenoxy) is 2. The molecule has 0 saturated carbocycles. The van der Waals surface area contributed by atoms with Gasteiger partial charge in [-0.2, -0.15) is 0 Å². The number of rotatable bonds is 2. The first-order chi connectivity index (χ1) is 11.3. The Morgan fingerprint density at radius 3 is 3.22 bits per heavy atom. The van der Waals surface area contributed by atoms with Gasteiger partial charge < -0.3 is 19.7 Å². The van der Waals surface area contributed by atoms with E-state index in [1.807, 2.05) is 6.92 Å². The van der Waals surface area contributed by atoms with E-state index in [-0.39, 0.29) is 5.97 Å². The van der Waals surface area contributed by atoms with Crippen LogP contribution in [-0.2, 0) is 16.0 Å². The standard InChI is InChI=1S/C18H22N2O3/c1-2-22-18(21)13-9-12-6-7-15-17(16(12)19-10-13)23-11-14-5-3-4-8-20(14)15/h6-7,10,14,19H,2-5,8-9,11H2,1H3. The van der Waals surface area contributed by atoms with Gasteiger partial charge in [0.15, 0.2) is 5.75 Å². The zero-order valence-corrected chi connectivity index (χ0v) is 13.4. The molecule has 1 fully saturated rings. The van der Waals surface area contributed by atoms with Crippen LogP contribution in [0.15, 0.2) is 23.9 Å². The van der Waals surface area contributed by atoms with Gasteiger partial charge in [0, 0.05) is 19.2 Å². The highest BCUT2D eigenvalue weighted by molar-refractivity contribution is 5.92. The molecule has 0 amide bonds. The van der Waals surface area contributed by atoms with Crippen LogP contribution in [0, 0.1) is 0 Å². The van der Waals surface area contributed by atoms with Gasteiger partial charge in [0.2, 0.25) is 0 Å². The van der Waals surface area contributed by atoms with Crippen LogP contribution in [0.4, 0.5) is 11.4 Å². The third-order valence-electron chi connectivity index (χ3n) is 4.89. The Labute approximate surface area is 136 Å². The van der Waals surface area contributed by atoms with Crippen LogP contribution in [0.3, 0.4) is 0 Å². The second-order valence-corrected chi connectivity index (χ2v) is 6.31. The Bertz CT molecular complexity index is 668. The summed E-state index contributed by atoms with van der Waals surface area (Å²) in [6.07, 6.45) is 6.08. The minimum atomic E-state index is -0.250. The van der Waals surface area contributed by atoms with Crippen molar-refractivity contribution in [1.82, 2.24) is 0 Å². The number of hydrogen-bond donors (Lipinski definition) is 1. The maximum absolute atomic E-state index is 11.9. The van der Waals surface area contributed by atoms with Gasteiger partial charge in [-0.25, -0.2) is 4.79 Å². The topological polar surface area (TPSA) is 50.8 Å². The predicted octanol–water partition coefficient (Wildman–Crippen LogP) is 2.85. The van der Waals surface area contributed by atoms with Crippen LogP contribution >= 0.6 is 0 Å². The molecule has 23 heavy (non-hydrogen) atoms. The largest absolute Gasteiger partial charge is 0.487 e. The van der Waals surface area contributed by atoms with E-state index < -0.39 is 0 Å². The van der Waals surface area contributed by atoms with E-state index in [2.05, 4.69) is 22.3 Å². The number of esters is 1. The van der Waals surface area contributed by atoms with Gasteiger partial charge >= 0.3 is 5.97 Å². The summed E-state index contributed by atoms with van der Waals surface area (Å²) in [5, 5.41) is 3.26. The lowest BCUT2D eigenvalue weighted by atomic mass is 9.96. The van der Waals surface area contributed by atoms with Crippen molar-refractivity contribution >= 4 is 17.3 Å². The smallest absolute Gasteiger partial charge is 0.335 e. The first-order valence-electron chi connectivity index (χ1n) is 8.46.